The van der Waals surface area contributed by atoms with Crippen molar-refractivity contribution in [3.05, 3.63) is 30.1 Å². The molecule has 0 aliphatic carbocycles. The third kappa shape index (κ3) is 5.07. The van der Waals surface area contributed by atoms with Crippen LogP contribution in [0, 0.1) is 5.82 Å². The summed E-state index contributed by atoms with van der Waals surface area (Å²) in [6, 6.07) is 5.06. The highest BCUT2D eigenvalue weighted by molar-refractivity contribution is 5.80. The lowest BCUT2D eigenvalue weighted by Crippen LogP contribution is -2.44. The van der Waals surface area contributed by atoms with Crippen molar-refractivity contribution >= 4 is 5.91 Å². The minimum absolute atomic E-state index is 0.0881. The van der Waals surface area contributed by atoms with E-state index in [1.165, 1.54) is 32.0 Å². The molecule has 0 radical (unpaired) electrons. The van der Waals surface area contributed by atoms with Gasteiger partial charge in [0.1, 0.15) is 18.1 Å². The molecule has 0 bridgehead atoms. The van der Waals surface area contributed by atoms with Crippen LogP contribution in [0.2, 0.25) is 0 Å². The van der Waals surface area contributed by atoms with Crippen LogP contribution < -0.4 is 4.74 Å². The third-order valence-electron chi connectivity index (χ3n) is 2.52. The number of alkyl halides is 3. The fourth-order valence-corrected chi connectivity index (χ4v) is 1.61. The molecule has 1 atom stereocenters. The molecule has 0 aromatic heterocycles. The topological polar surface area (TPSA) is 29.5 Å². The van der Waals surface area contributed by atoms with Crippen molar-refractivity contribution < 1.29 is 27.1 Å². The lowest BCUT2D eigenvalue weighted by atomic mass is 10.3. The van der Waals surface area contributed by atoms with Gasteiger partial charge in [-0.1, -0.05) is 6.07 Å². The number of ether oxygens (including phenoxy) is 1. The van der Waals surface area contributed by atoms with Gasteiger partial charge in [0.05, 0.1) is 0 Å². The van der Waals surface area contributed by atoms with E-state index < -0.39 is 30.5 Å². The first kappa shape index (κ1) is 16.3. The van der Waals surface area contributed by atoms with Gasteiger partial charge in [0, 0.05) is 12.6 Å². The molecule has 1 aromatic rings. The summed E-state index contributed by atoms with van der Waals surface area (Å²) in [6.07, 6.45) is -5.59. The Kier molecular flexibility index (Phi) is 5.35. The van der Waals surface area contributed by atoms with Crippen LogP contribution in [-0.4, -0.2) is 36.2 Å². The minimum Gasteiger partial charge on any atom is -0.481 e. The Labute approximate surface area is 114 Å². The summed E-state index contributed by atoms with van der Waals surface area (Å²) in [5, 5.41) is 0. The zero-order chi connectivity index (χ0) is 15.3. The number of benzene rings is 1. The monoisotopic (exact) mass is 293 g/mol. The van der Waals surface area contributed by atoms with Gasteiger partial charge in [0.15, 0.2) is 6.10 Å². The lowest BCUT2D eigenvalue weighted by molar-refractivity contribution is -0.164. The Hall–Kier alpha value is -1.79. The first-order valence-corrected chi connectivity index (χ1v) is 6.00. The van der Waals surface area contributed by atoms with Crippen LogP contribution in [0.3, 0.4) is 0 Å². The Morgan fingerprint density at radius 1 is 1.40 bits per heavy atom. The van der Waals surface area contributed by atoms with Gasteiger partial charge in [-0.15, -0.1) is 0 Å². The van der Waals surface area contributed by atoms with E-state index in [-0.39, 0.29) is 12.3 Å². The Balaban J connectivity index is 2.70. The number of hydrogen-bond acceptors (Lipinski definition) is 2. The molecule has 1 rings (SSSR count). The van der Waals surface area contributed by atoms with Gasteiger partial charge in [-0.3, -0.25) is 4.79 Å². The second-order valence-corrected chi connectivity index (χ2v) is 4.19. The molecule has 0 spiro atoms. The van der Waals surface area contributed by atoms with Crippen LogP contribution in [0.1, 0.15) is 13.8 Å². The Bertz CT molecular complexity index is 462. The Morgan fingerprint density at radius 3 is 2.55 bits per heavy atom. The van der Waals surface area contributed by atoms with Crippen LogP contribution in [0.15, 0.2) is 24.3 Å². The molecule has 0 heterocycles. The number of amides is 1. The maximum Gasteiger partial charge on any atom is 0.406 e. The molecule has 112 valence electrons. The van der Waals surface area contributed by atoms with Crippen LogP contribution in [-0.2, 0) is 4.79 Å². The summed E-state index contributed by atoms with van der Waals surface area (Å²) in [5.41, 5.74) is 0. The van der Waals surface area contributed by atoms with E-state index in [0.29, 0.717) is 4.90 Å². The van der Waals surface area contributed by atoms with E-state index in [1.54, 1.807) is 0 Å². The van der Waals surface area contributed by atoms with E-state index in [9.17, 15) is 22.4 Å². The predicted molar refractivity (Wildman–Crippen MR) is 64.8 cm³/mol. The molecule has 1 aromatic carbocycles. The zero-order valence-electron chi connectivity index (χ0n) is 11.1. The van der Waals surface area contributed by atoms with Gasteiger partial charge < -0.3 is 9.64 Å². The smallest absolute Gasteiger partial charge is 0.406 e. The van der Waals surface area contributed by atoms with E-state index in [0.717, 1.165) is 6.07 Å². The molecular weight excluding hydrogens is 278 g/mol. The number of carbonyl (C=O) groups is 1. The van der Waals surface area contributed by atoms with Gasteiger partial charge in [-0.05, 0) is 26.0 Å². The van der Waals surface area contributed by atoms with Crippen LogP contribution in [0.4, 0.5) is 17.6 Å². The van der Waals surface area contributed by atoms with Crippen molar-refractivity contribution in [2.75, 3.05) is 13.1 Å². The fraction of sp³-hybridized carbons (Fsp3) is 0.462. The second-order valence-electron chi connectivity index (χ2n) is 4.19. The van der Waals surface area contributed by atoms with Crippen molar-refractivity contribution in [1.29, 1.82) is 0 Å². The normalized spacial score (nSPS) is 12.9. The van der Waals surface area contributed by atoms with Gasteiger partial charge in [-0.2, -0.15) is 13.2 Å². The number of carbonyl (C=O) groups excluding carboxylic acids is 1. The molecule has 7 heteroatoms. The lowest BCUT2D eigenvalue weighted by Gasteiger charge is -2.25. The van der Waals surface area contributed by atoms with Gasteiger partial charge in [0.25, 0.3) is 5.91 Å². The average molecular weight is 293 g/mol. The minimum atomic E-state index is -4.47. The molecule has 1 amide bonds. The highest BCUT2D eigenvalue weighted by Gasteiger charge is 2.34. The van der Waals surface area contributed by atoms with Crippen LogP contribution in [0.5, 0.6) is 5.75 Å². The molecule has 0 fully saturated rings. The van der Waals surface area contributed by atoms with Gasteiger partial charge in [0.2, 0.25) is 0 Å². The predicted octanol–water partition coefficient (Wildman–Crippen LogP) is 3.00. The van der Waals surface area contributed by atoms with Crippen molar-refractivity contribution in [2.24, 2.45) is 0 Å². The first-order chi connectivity index (χ1) is 9.23. The van der Waals surface area contributed by atoms with E-state index in [2.05, 4.69) is 0 Å². The molecule has 0 saturated carbocycles. The highest BCUT2D eigenvalue weighted by atomic mass is 19.4. The summed E-state index contributed by atoms with van der Waals surface area (Å²) < 4.78 is 55.0. The van der Waals surface area contributed by atoms with Gasteiger partial charge in [-0.25, -0.2) is 4.39 Å². The molecule has 0 aliphatic heterocycles. The molecule has 1 unspecified atom stereocenters. The molecular formula is C13H15F4NO2. The number of nitrogens with zero attached hydrogens (tertiary/aromatic N) is 1. The maximum atomic E-state index is 12.9. The summed E-state index contributed by atoms with van der Waals surface area (Å²) in [6.45, 7) is 1.35. The summed E-state index contributed by atoms with van der Waals surface area (Å²) in [5.74, 6) is -1.26. The molecule has 3 nitrogen and oxygen atoms in total. The molecule has 0 aliphatic rings. The molecule has 20 heavy (non-hydrogen) atoms. The van der Waals surface area contributed by atoms with Gasteiger partial charge >= 0.3 is 6.18 Å². The highest BCUT2D eigenvalue weighted by Crippen LogP contribution is 2.18. The number of halogens is 4. The third-order valence-corrected chi connectivity index (χ3v) is 2.52. The number of rotatable bonds is 5. The summed E-state index contributed by atoms with van der Waals surface area (Å²) in [4.78, 5) is 12.5. The number of hydrogen-bond donors (Lipinski definition) is 0. The van der Waals surface area contributed by atoms with Crippen LogP contribution >= 0.6 is 0 Å². The zero-order valence-corrected chi connectivity index (χ0v) is 11.1. The largest absolute Gasteiger partial charge is 0.481 e. The van der Waals surface area contributed by atoms with Crippen molar-refractivity contribution in [3.8, 4) is 5.75 Å². The fourth-order valence-electron chi connectivity index (χ4n) is 1.61. The summed E-state index contributed by atoms with van der Waals surface area (Å²) in [7, 11) is 0. The quantitative estimate of drug-likeness (QED) is 0.781. The van der Waals surface area contributed by atoms with E-state index >= 15 is 0 Å². The standard InChI is InChI=1S/C13H15F4NO2/c1-3-18(8-13(15,16)17)12(19)9(2)20-11-6-4-5-10(14)7-11/h4-7,9H,3,8H2,1-2H3. The average Bonchev–Trinajstić information content (AvgIpc) is 2.34. The molecule has 0 N–H and O–H groups in total. The SMILES string of the molecule is CCN(CC(F)(F)F)C(=O)C(C)Oc1cccc(F)c1. The van der Waals surface area contributed by atoms with Crippen molar-refractivity contribution in [3.63, 3.8) is 0 Å². The summed E-state index contributed by atoms with van der Waals surface area (Å²) >= 11 is 0. The second kappa shape index (κ2) is 6.58. The Morgan fingerprint density at radius 2 is 2.05 bits per heavy atom. The number of likely N-dealkylation sites (N-methyl/N-ethyl adjacent to an activating group) is 1. The van der Waals surface area contributed by atoms with E-state index in [4.69, 9.17) is 4.74 Å². The van der Waals surface area contributed by atoms with E-state index in [1.807, 2.05) is 0 Å². The van der Waals surface area contributed by atoms with Crippen molar-refractivity contribution in [1.82, 2.24) is 4.90 Å². The van der Waals surface area contributed by atoms with Crippen molar-refractivity contribution in [2.45, 2.75) is 26.1 Å². The first-order valence-electron chi connectivity index (χ1n) is 6.00. The molecule has 0 saturated heterocycles. The maximum absolute atomic E-state index is 12.9. The van der Waals surface area contributed by atoms with Crippen LogP contribution in [0.25, 0.3) is 0 Å².